The molecule has 1 atom stereocenters. The molecule has 2 aromatic heterocycles. The van der Waals surface area contributed by atoms with Crippen molar-refractivity contribution < 1.29 is 14.3 Å². The van der Waals surface area contributed by atoms with Crippen molar-refractivity contribution in [2.75, 3.05) is 24.4 Å². The number of halogens is 2. The van der Waals surface area contributed by atoms with Crippen LogP contribution in [0.2, 0.25) is 10.0 Å². The molecule has 39 heavy (non-hydrogen) atoms. The van der Waals surface area contributed by atoms with Gasteiger partial charge < -0.3 is 24.3 Å². The number of carbonyl (C=O) groups is 1. The number of fused-ring (bicyclic) bond motifs is 4. The number of anilines is 2. The fraction of sp³-hybridized carbons (Fsp3) is 0.286. The van der Waals surface area contributed by atoms with Crippen LogP contribution < -0.4 is 19.7 Å². The number of ether oxygens (including phenoxy) is 2. The summed E-state index contributed by atoms with van der Waals surface area (Å²) in [5.41, 5.74) is 4.19. The molecule has 9 nitrogen and oxygen atoms in total. The van der Waals surface area contributed by atoms with Gasteiger partial charge in [-0.25, -0.2) is 9.97 Å². The minimum atomic E-state index is -1.22. The topological polar surface area (TPSA) is 94.4 Å². The van der Waals surface area contributed by atoms with Gasteiger partial charge in [0.25, 0.3) is 5.91 Å². The zero-order valence-corrected chi connectivity index (χ0v) is 23.6. The van der Waals surface area contributed by atoms with E-state index in [0.29, 0.717) is 39.5 Å². The second kappa shape index (κ2) is 9.14. The molecule has 4 heterocycles. The van der Waals surface area contributed by atoms with Gasteiger partial charge in [-0.2, -0.15) is 4.98 Å². The van der Waals surface area contributed by atoms with Crippen molar-refractivity contribution in [3.8, 4) is 23.3 Å². The third-order valence-corrected chi connectivity index (χ3v) is 7.78. The van der Waals surface area contributed by atoms with Gasteiger partial charge in [-0.1, -0.05) is 35.3 Å². The number of amides is 1. The Kier molecular flexibility index (Phi) is 5.96. The zero-order valence-electron chi connectivity index (χ0n) is 22.0. The molecule has 0 fully saturated rings. The number of hydrogen-bond acceptors (Lipinski definition) is 7. The van der Waals surface area contributed by atoms with Crippen LogP contribution in [0.1, 0.15) is 42.4 Å². The van der Waals surface area contributed by atoms with Crippen LogP contribution in [0, 0.1) is 6.92 Å². The highest BCUT2D eigenvalue weighted by Crippen LogP contribution is 2.55. The van der Waals surface area contributed by atoms with Crippen molar-refractivity contribution in [2.24, 2.45) is 0 Å². The molecule has 0 bridgehead atoms. The molecule has 1 amide bonds. The predicted octanol–water partition coefficient (Wildman–Crippen LogP) is 5.77. The maximum absolute atomic E-state index is 14.3. The summed E-state index contributed by atoms with van der Waals surface area (Å²) in [4.78, 5) is 30.2. The minimum Gasteiger partial charge on any atom is -0.480 e. The molecule has 0 saturated carbocycles. The summed E-state index contributed by atoms with van der Waals surface area (Å²) in [6.07, 6.45) is 1.63. The summed E-state index contributed by atoms with van der Waals surface area (Å²) in [6, 6.07) is 11.3. The van der Waals surface area contributed by atoms with E-state index in [1.165, 1.54) is 14.2 Å². The fourth-order valence-electron chi connectivity index (χ4n) is 5.73. The van der Waals surface area contributed by atoms with Gasteiger partial charge in [0.15, 0.2) is 5.54 Å². The quantitative estimate of drug-likeness (QED) is 0.328. The highest BCUT2D eigenvalue weighted by atomic mass is 35.5. The number of imidazole rings is 1. The average molecular weight is 565 g/mol. The van der Waals surface area contributed by atoms with Gasteiger partial charge in [-0.3, -0.25) is 4.79 Å². The first-order chi connectivity index (χ1) is 18.7. The SMILES string of the molecule is COc1ncc(-c2nc3c(n2C(C)C)C2(C(=O)Nc4cc(Cl)ccc42)N(c2cc(Cl)ccc2C)C3)c(OC)n1. The minimum absolute atomic E-state index is 0.0792. The number of aryl methyl sites for hydroxylation is 1. The summed E-state index contributed by atoms with van der Waals surface area (Å²) in [7, 11) is 3.04. The Labute approximate surface area is 235 Å². The molecule has 4 aromatic rings. The Balaban J connectivity index is 1.68. The van der Waals surface area contributed by atoms with Crippen molar-refractivity contribution in [2.45, 2.75) is 38.9 Å². The van der Waals surface area contributed by atoms with E-state index in [4.69, 9.17) is 37.7 Å². The van der Waals surface area contributed by atoms with E-state index < -0.39 is 5.54 Å². The van der Waals surface area contributed by atoms with Gasteiger partial charge >= 0.3 is 6.01 Å². The van der Waals surface area contributed by atoms with Crippen LogP contribution in [-0.2, 0) is 16.9 Å². The van der Waals surface area contributed by atoms with E-state index in [9.17, 15) is 4.79 Å². The molecule has 6 rings (SSSR count). The Morgan fingerprint density at radius 3 is 2.51 bits per heavy atom. The van der Waals surface area contributed by atoms with E-state index in [2.05, 4.69) is 38.6 Å². The normalized spacial score (nSPS) is 17.5. The molecule has 1 N–H and O–H groups in total. The van der Waals surface area contributed by atoms with Crippen molar-refractivity contribution >= 4 is 40.5 Å². The van der Waals surface area contributed by atoms with E-state index in [1.807, 2.05) is 31.2 Å². The summed E-state index contributed by atoms with van der Waals surface area (Å²) in [6.45, 7) is 6.49. The summed E-state index contributed by atoms with van der Waals surface area (Å²) >= 11 is 12.8. The number of rotatable bonds is 5. The van der Waals surface area contributed by atoms with Gasteiger partial charge in [0.2, 0.25) is 5.88 Å². The standard InChI is InChI=1S/C28H26Cl2N6O3/c1-14(2)36-23-21(32-24(36)18-12-31-27(39-5)34-25(18)38-4)13-35(22-11-17(30)7-6-15(22)3)28(23)19-9-8-16(29)10-20(19)33-26(28)37/h6-12,14H,13H2,1-5H3,(H,33,37). The van der Waals surface area contributed by atoms with Crippen LogP contribution in [0.4, 0.5) is 11.4 Å². The molecule has 0 aliphatic carbocycles. The Morgan fingerprint density at radius 2 is 1.79 bits per heavy atom. The molecule has 0 radical (unpaired) electrons. The maximum Gasteiger partial charge on any atom is 0.319 e. The van der Waals surface area contributed by atoms with Crippen LogP contribution in [-0.4, -0.2) is 39.6 Å². The number of aromatic nitrogens is 4. The van der Waals surface area contributed by atoms with Gasteiger partial charge in [-0.15, -0.1) is 0 Å². The van der Waals surface area contributed by atoms with Crippen LogP contribution in [0.3, 0.4) is 0 Å². The second-order valence-corrected chi connectivity index (χ2v) is 10.7. The van der Waals surface area contributed by atoms with Crippen LogP contribution in [0.5, 0.6) is 11.9 Å². The third-order valence-electron chi connectivity index (χ3n) is 7.31. The van der Waals surface area contributed by atoms with Gasteiger partial charge in [-0.05, 0) is 50.6 Å². The number of benzene rings is 2. The van der Waals surface area contributed by atoms with Crippen molar-refractivity contribution in [1.82, 2.24) is 19.5 Å². The van der Waals surface area contributed by atoms with Crippen molar-refractivity contribution in [3.63, 3.8) is 0 Å². The van der Waals surface area contributed by atoms with Gasteiger partial charge in [0.1, 0.15) is 5.82 Å². The molecule has 1 spiro atoms. The number of nitrogens with one attached hydrogen (secondary N) is 1. The van der Waals surface area contributed by atoms with Gasteiger partial charge in [0.05, 0.1) is 37.7 Å². The fourth-order valence-corrected chi connectivity index (χ4v) is 6.07. The number of nitrogens with zero attached hydrogens (tertiary/aromatic N) is 5. The molecular weight excluding hydrogens is 539 g/mol. The molecule has 200 valence electrons. The van der Waals surface area contributed by atoms with Crippen LogP contribution in [0.25, 0.3) is 11.4 Å². The van der Waals surface area contributed by atoms with Gasteiger partial charge in [0, 0.05) is 39.2 Å². The molecule has 2 aromatic carbocycles. The Morgan fingerprint density at radius 1 is 1.05 bits per heavy atom. The largest absolute Gasteiger partial charge is 0.480 e. The molecular formula is C28H26Cl2N6O3. The summed E-state index contributed by atoms with van der Waals surface area (Å²) in [5.74, 6) is 0.739. The highest BCUT2D eigenvalue weighted by Gasteiger charge is 2.60. The number of methoxy groups -OCH3 is 2. The summed E-state index contributed by atoms with van der Waals surface area (Å²) in [5, 5.41) is 4.21. The van der Waals surface area contributed by atoms with E-state index in [0.717, 1.165) is 28.2 Å². The zero-order chi connectivity index (χ0) is 27.6. The Hall–Kier alpha value is -3.82. The smallest absolute Gasteiger partial charge is 0.319 e. The third kappa shape index (κ3) is 3.60. The number of hydrogen-bond donors (Lipinski definition) is 1. The molecule has 1 unspecified atom stereocenters. The van der Waals surface area contributed by atoms with E-state index in [1.54, 1.807) is 18.3 Å². The first kappa shape index (κ1) is 25.5. The van der Waals surface area contributed by atoms with Crippen LogP contribution >= 0.6 is 23.2 Å². The Bertz CT molecular complexity index is 1650. The summed E-state index contributed by atoms with van der Waals surface area (Å²) < 4.78 is 12.9. The van der Waals surface area contributed by atoms with E-state index in [-0.39, 0.29) is 18.0 Å². The second-order valence-electron chi connectivity index (χ2n) is 9.85. The van der Waals surface area contributed by atoms with Crippen LogP contribution in [0.15, 0.2) is 42.6 Å². The maximum atomic E-state index is 14.3. The van der Waals surface area contributed by atoms with E-state index >= 15 is 0 Å². The molecule has 2 aliphatic rings. The first-order valence-corrected chi connectivity index (χ1v) is 13.2. The lowest BCUT2D eigenvalue weighted by Gasteiger charge is -2.38. The lowest BCUT2D eigenvalue weighted by molar-refractivity contribution is -0.119. The predicted molar refractivity (Wildman–Crippen MR) is 150 cm³/mol. The highest BCUT2D eigenvalue weighted by molar-refractivity contribution is 6.31. The van der Waals surface area contributed by atoms with Crippen molar-refractivity contribution in [1.29, 1.82) is 0 Å². The monoisotopic (exact) mass is 564 g/mol. The first-order valence-electron chi connectivity index (χ1n) is 12.4. The lowest BCUT2D eigenvalue weighted by Crippen LogP contribution is -2.49. The average Bonchev–Trinajstić information content (AvgIpc) is 3.53. The molecule has 2 aliphatic heterocycles. The number of carbonyl (C=O) groups excluding carboxylic acids is 1. The molecule has 11 heteroatoms. The lowest BCUT2D eigenvalue weighted by atomic mass is 9.86. The van der Waals surface area contributed by atoms with Crippen molar-refractivity contribution in [3.05, 3.63) is 75.2 Å². The molecule has 0 saturated heterocycles.